The van der Waals surface area contributed by atoms with Crippen LogP contribution in [0.1, 0.15) is 117 Å². The first-order chi connectivity index (χ1) is 26.5. The van der Waals surface area contributed by atoms with Gasteiger partial charge in [-0.3, -0.25) is 4.79 Å². The monoisotopic (exact) mass is 752 g/mol. The van der Waals surface area contributed by atoms with Crippen LogP contribution in [0.25, 0.3) is 0 Å². The van der Waals surface area contributed by atoms with Crippen LogP contribution in [-0.2, 0) is 13.0 Å². The van der Waals surface area contributed by atoms with Gasteiger partial charge in [-0.05, 0) is 124 Å². The van der Waals surface area contributed by atoms with Gasteiger partial charge in [-0.1, -0.05) is 50.0 Å². The second-order valence-electron chi connectivity index (χ2n) is 16.3. The van der Waals surface area contributed by atoms with Crippen LogP contribution in [0, 0.1) is 11.3 Å². The summed E-state index contributed by atoms with van der Waals surface area (Å²) in [6.07, 6.45) is 11.3. The highest BCUT2D eigenvalue weighted by molar-refractivity contribution is 5.99. The molecule has 0 aromatic heterocycles. The largest absolute Gasteiger partial charge is 0.497 e. The molecule has 0 saturated heterocycles. The molecule has 0 spiro atoms. The van der Waals surface area contributed by atoms with Gasteiger partial charge in [0.05, 0.1) is 46.1 Å². The Hall–Kier alpha value is -4.34. The van der Waals surface area contributed by atoms with Crippen LogP contribution < -0.4 is 19.5 Å². The number of nitrogens with one attached hydrogen (secondary N) is 1. The number of nitrogens with zero attached hydrogens (tertiary/aromatic N) is 1. The van der Waals surface area contributed by atoms with Crippen molar-refractivity contribution in [1.29, 1.82) is 0 Å². The molecule has 3 aromatic rings. The van der Waals surface area contributed by atoms with E-state index in [0.29, 0.717) is 55.0 Å². The number of aliphatic hydroxyl groups excluding tert-OH is 1. The Labute approximate surface area is 327 Å². The van der Waals surface area contributed by atoms with Gasteiger partial charge in [-0.15, -0.1) is 0 Å². The highest BCUT2D eigenvalue weighted by Crippen LogP contribution is 2.59. The third-order valence-corrected chi connectivity index (χ3v) is 12.8. The van der Waals surface area contributed by atoms with Crippen LogP contribution >= 0.6 is 0 Å². The second-order valence-corrected chi connectivity index (χ2v) is 16.3. The van der Waals surface area contributed by atoms with E-state index >= 15 is 0 Å². The van der Waals surface area contributed by atoms with E-state index in [9.17, 15) is 19.8 Å². The van der Waals surface area contributed by atoms with Gasteiger partial charge in [0.15, 0.2) is 5.78 Å². The van der Waals surface area contributed by atoms with Crippen molar-refractivity contribution in [2.45, 2.75) is 115 Å². The summed E-state index contributed by atoms with van der Waals surface area (Å²) in [5.74, 6) is 1.96. The summed E-state index contributed by atoms with van der Waals surface area (Å²) < 4.78 is 16.5. The lowest BCUT2D eigenvalue weighted by Crippen LogP contribution is -2.54. The summed E-state index contributed by atoms with van der Waals surface area (Å²) in [4.78, 5) is 30.6. The van der Waals surface area contributed by atoms with Crippen LogP contribution in [0.15, 0.2) is 72.3 Å². The van der Waals surface area contributed by atoms with Crippen molar-refractivity contribution in [3.05, 3.63) is 94.6 Å². The molecule has 9 heteroatoms. The van der Waals surface area contributed by atoms with E-state index in [-0.39, 0.29) is 36.7 Å². The van der Waals surface area contributed by atoms with Gasteiger partial charge >= 0.3 is 6.03 Å². The third kappa shape index (κ3) is 9.05. The minimum atomic E-state index is -1.30. The SMILES string of the molecule is COc1ccc(NC(=O)N(Cc2ccc(OC)cc2OC)C[C@]2(O)CC[C@H]3c4ccc(cc4C(=O)C4CCCCC4)C[C@@H](O)CCC(C)=CCC[C@@]32C)cc1. The Bertz CT molecular complexity index is 1830. The number of carbonyl (C=O) groups is 2. The first-order valence-electron chi connectivity index (χ1n) is 20.1. The molecule has 7 rings (SSSR count). The molecular formula is C46H60N2O7. The average molecular weight is 753 g/mol. The number of benzene rings is 3. The number of fused-ring (bicyclic) bond motifs is 8. The molecule has 0 heterocycles. The fourth-order valence-electron chi connectivity index (χ4n) is 9.38. The fourth-order valence-corrected chi connectivity index (χ4v) is 9.38. The molecule has 2 amide bonds. The Morgan fingerprint density at radius 2 is 1.60 bits per heavy atom. The van der Waals surface area contributed by atoms with Crippen molar-refractivity contribution in [3.8, 4) is 17.2 Å². The first kappa shape index (κ1) is 40.3. The lowest BCUT2D eigenvalue weighted by molar-refractivity contribution is -0.0773. The van der Waals surface area contributed by atoms with Gasteiger partial charge in [0, 0.05) is 34.2 Å². The minimum absolute atomic E-state index is 0.0136. The summed E-state index contributed by atoms with van der Waals surface area (Å²) in [5, 5.41) is 27.3. The Balaban J connectivity index is 1.41. The lowest BCUT2D eigenvalue weighted by Gasteiger charge is -2.46. The van der Waals surface area contributed by atoms with Crippen LogP contribution in [0.4, 0.5) is 10.5 Å². The predicted molar refractivity (Wildman–Crippen MR) is 216 cm³/mol. The number of anilines is 1. The smallest absolute Gasteiger partial charge is 0.322 e. The summed E-state index contributed by atoms with van der Waals surface area (Å²) in [6, 6.07) is 18.6. The van der Waals surface area contributed by atoms with Crippen molar-refractivity contribution in [2.75, 3.05) is 33.2 Å². The van der Waals surface area contributed by atoms with E-state index in [1.54, 1.807) is 56.6 Å². The number of ether oxygens (including phenoxy) is 3. The molecule has 3 aromatic carbocycles. The van der Waals surface area contributed by atoms with E-state index in [2.05, 4.69) is 37.4 Å². The molecule has 2 fully saturated rings. The van der Waals surface area contributed by atoms with Crippen LogP contribution in [0.5, 0.6) is 17.2 Å². The van der Waals surface area contributed by atoms with Gasteiger partial charge in [0.25, 0.3) is 0 Å². The van der Waals surface area contributed by atoms with E-state index in [0.717, 1.165) is 67.2 Å². The standard InChI is InChI=1S/C46H60N2O7/c1-31-10-9-24-45(2)41(39-22-14-32(26-36(49)18-13-31)27-40(39)43(50)33-11-7-6-8-12-33)23-25-46(45,52)30-48(29-34-15-19-38(54-4)28-42(34)55-5)44(51)47-35-16-20-37(53-3)21-17-35/h10,14-17,19-22,27-28,33,36,41,49,52H,6-9,11-13,18,23-26,29-30H2,1-5H3,(H,47,51)/t36-,41-,45-,46+/m0/s1. The summed E-state index contributed by atoms with van der Waals surface area (Å²) >= 11 is 0. The van der Waals surface area contributed by atoms with Crippen molar-refractivity contribution in [2.24, 2.45) is 11.3 Å². The zero-order chi connectivity index (χ0) is 39.2. The van der Waals surface area contributed by atoms with Crippen molar-refractivity contribution < 1.29 is 34.0 Å². The van der Waals surface area contributed by atoms with E-state index in [1.165, 1.54) is 5.57 Å². The molecule has 9 nitrogen and oxygen atoms in total. The van der Waals surface area contributed by atoms with Gasteiger partial charge in [0.2, 0.25) is 0 Å². The first-order valence-corrected chi connectivity index (χ1v) is 20.1. The van der Waals surface area contributed by atoms with E-state index in [1.807, 2.05) is 18.2 Å². The summed E-state index contributed by atoms with van der Waals surface area (Å²) in [7, 11) is 4.80. The van der Waals surface area contributed by atoms with Gasteiger partial charge in [-0.2, -0.15) is 0 Å². The number of hydrogen-bond acceptors (Lipinski definition) is 7. The van der Waals surface area contributed by atoms with Crippen LogP contribution in [0.2, 0.25) is 0 Å². The molecular weight excluding hydrogens is 693 g/mol. The van der Waals surface area contributed by atoms with Gasteiger partial charge in [0.1, 0.15) is 17.2 Å². The predicted octanol–water partition coefficient (Wildman–Crippen LogP) is 9.25. The number of ketones is 1. The van der Waals surface area contributed by atoms with Crippen molar-refractivity contribution >= 4 is 17.5 Å². The van der Waals surface area contributed by atoms with E-state index in [4.69, 9.17) is 14.2 Å². The maximum atomic E-state index is 14.5. The maximum Gasteiger partial charge on any atom is 0.322 e. The second kappa shape index (κ2) is 17.6. The number of methoxy groups -OCH3 is 3. The number of rotatable bonds is 10. The highest BCUT2D eigenvalue weighted by atomic mass is 16.5. The number of allylic oxidation sites excluding steroid dienone is 2. The lowest BCUT2D eigenvalue weighted by atomic mass is 9.64. The summed E-state index contributed by atoms with van der Waals surface area (Å²) in [6.45, 7) is 4.52. The Morgan fingerprint density at radius 1 is 0.873 bits per heavy atom. The van der Waals surface area contributed by atoms with Gasteiger partial charge < -0.3 is 34.6 Å². The average Bonchev–Trinajstić information content (AvgIpc) is 3.45. The quantitative estimate of drug-likeness (QED) is 0.140. The zero-order valence-corrected chi connectivity index (χ0v) is 33.4. The molecule has 2 bridgehead atoms. The van der Waals surface area contributed by atoms with Crippen molar-refractivity contribution in [1.82, 2.24) is 4.90 Å². The molecule has 296 valence electrons. The molecule has 0 unspecified atom stereocenters. The molecule has 4 aliphatic rings. The zero-order valence-electron chi connectivity index (χ0n) is 33.4. The number of Topliss-reactive ketones (excluding diaryl/α,β-unsaturated/α-hetero) is 1. The number of hydrogen-bond donors (Lipinski definition) is 3. The molecule has 0 radical (unpaired) electrons. The number of aliphatic hydroxyl groups is 2. The maximum absolute atomic E-state index is 14.5. The van der Waals surface area contributed by atoms with Crippen LogP contribution in [0.3, 0.4) is 0 Å². The molecule has 55 heavy (non-hydrogen) atoms. The topological polar surface area (TPSA) is 118 Å². The van der Waals surface area contributed by atoms with Gasteiger partial charge in [-0.25, -0.2) is 4.79 Å². The molecule has 4 aliphatic carbocycles. The number of amides is 2. The summed E-state index contributed by atoms with van der Waals surface area (Å²) in [5.41, 5.74) is 3.31. The molecule has 2 saturated carbocycles. The molecule has 0 aliphatic heterocycles. The number of carbonyl (C=O) groups excluding carboxylic acids is 2. The van der Waals surface area contributed by atoms with Crippen LogP contribution in [-0.4, -0.2) is 66.5 Å². The Morgan fingerprint density at radius 3 is 2.31 bits per heavy atom. The Kier molecular flexibility index (Phi) is 12.9. The molecule has 4 atom stereocenters. The highest BCUT2D eigenvalue weighted by Gasteiger charge is 2.57. The minimum Gasteiger partial charge on any atom is -0.497 e. The van der Waals surface area contributed by atoms with E-state index < -0.39 is 17.1 Å². The fraction of sp³-hybridized carbons (Fsp3) is 0.522. The molecule has 3 N–H and O–H groups in total. The number of urea groups is 1. The third-order valence-electron chi connectivity index (χ3n) is 12.8. The van der Waals surface area contributed by atoms with Crippen molar-refractivity contribution in [3.63, 3.8) is 0 Å². The normalized spacial score (nSPS) is 24.6.